The summed E-state index contributed by atoms with van der Waals surface area (Å²) in [6.45, 7) is 2.81. The smallest absolute Gasteiger partial charge is 0.332 e. The van der Waals surface area contributed by atoms with Gasteiger partial charge in [0.1, 0.15) is 12.3 Å². The highest BCUT2D eigenvalue weighted by atomic mass is 35.5. The topological polar surface area (TPSA) is 121 Å². The third-order valence-electron chi connectivity index (χ3n) is 7.26. The number of rotatable bonds is 11. The minimum Gasteiger partial charge on any atom is -0.492 e. The van der Waals surface area contributed by atoms with Crippen molar-refractivity contribution in [2.75, 3.05) is 25.1 Å². The molecule has 0 bridgehead atoms. The van der Waals surface area contributed by atoms with Gasteiger partial charge in [-0.3, -0.25) is 23.5 Å². The molecule has 1 aliphatic heterocycles. The molecule has 0 saturated carbocycles. The maximum absolute atomic E-state index is 13.8. The van der Waals surface area contributed by atoms with Gasteiger partial charge in [0.25, 0.3) is 11.5 Å². The molecule has 1 saturated heterocycles. The van der Waals surface area contributed by atoms with E-state index in [2.05, 4.69) is 10.6 Å². The van der Waals surface area contributed by atoms with Gasteiger partial charge in [-0.1, -0.05) is 41.9 Å². The number of ether oxygens (including phenoxy) is 2. The Bertz CT molecular complexity index is 1750. The van der Waals surface area contributed by atoms with Crippen molar-refractivity contribution in [3.8, 4) is 5.75 Å². The monoisotopic (exact) mass is 604 g/mol. The van der Waals surface area contributed by atoms with E-state index in [1.165, 1.54) is 16.7 Å². The minimum absolute atomic E-state index is 0.0692. The zero-order valence-electron chi connectivity index (χ0n) is 23.8. The largest absolute Gasteiger partial charge is 0.492 e. The van der Waals surface area contributed by atoms with Crippen LogP contribution in [0.3, 0.4) is 0 Å². The van der Waals surface area contributed by atoms with Crippen LogP contribution in [0.4, 0.5) is 5.69 Å². The SMILES string of the molecule is CCOc1ccc(Cl)cc1NC(=O)Cn1c(=O)n(CC2CCCO2)c(=O)c2ccc(C(=O)NCCc3ccccc3)cc21. The van der Waals surface area contributed by atoms with Crippen molar-refractivity contribution in [1.82, 2.24) is 14.5 Å². The van der Waals surface area contributed by atoms with Crippen LogP contribution < -0.4 is 26.6 Å². The molecule has 0 spiro atoms. The van der Waals surface area contributed by atoms with E-state index in [0.29, 0.717) is 42.6 Å². The van der Waals surface area contributed by atoms with Gasteiger partial charge in [-0.25, -0.2) is 4.79 Å². The van der Waals surface area contributed by atoms with Crippen LogP contribution in [-0.4, -0.2) is 46.8 Å². The third-order valence-corrected chi connectivity index (χ3v) is 7.49. The van der Waals surface area contributed by atoms with E-state index in [0.717, 1.165) is 23.0 Å². The average molecular weight is 605 g/mol. The Hall–Kier alpha value is -4.41. The standard InChI is InChI=1S/C32H33ClN4O6/c1-2-42-28-13-11-23(33)18-26(28)35-29(38)20-36-27-17-22(30(39)34-15-14-21-7-4-3-5-8-21)10-12-25(27)31(40)37(32(36)41)19-24-9-6-16-43-24/h3-5,7-8,10-13,17-18,24H,2,6,9,14-16,19-20H2,1H3,(H,34,39)(H,35,38). The molecule has 5 rings (SSSR count). The highest BCUT2D eigenvalue weighted by molar-refractivity contribution is 6.31. The van der Waals surface area contributed by atoms with Crippen molar-refractivity contribution in [3.05, 3.63) is 104 Å². The molecule has 2 amide bonds. The second-order valence-corrected chi connectivity index (χ2v) is 10.7. The molecule has 4 aromatic rings. The van der Waals surface area contributed by atoms with E-state index < -0.39 is 23.7 Å². The molecular formula is C32H33ClN4O6. The van der Waals surface area contributed by atoms with Gasteiger partial charge < -0.3 is 20.1 Å². The van der Waals surface area contributed by atoms with Crippen LogP contribution in [0.2, 0.25) is 5.02 Å². The second-order valence-electron chi connectivity index (χ2n) is 10.3. The van der Waals surface area contributed by atoms with Crippen molar-refractivity contribution in [2.24, 2.45) is 0 Å². The summed E-state index contributed by atoms with van der Waals surface area (Å²) in [5.41, 5.74) is 0.708. The van der Waals surface area contributed by atoms with E-state index in [-0.39, 0.29) is 35.0 Å². The van der Waals surface area contributed by atoms with Gasteiger partial charge in [0.2, 0.25) is 5.91 Å². The minimum atomic E-state index is -0.666. The zero-order valence-corrected chi connectivity index (χ0v) is 24.6. The number of fused-ring (bicyclic) bond motifs is 1. The molecule has 0 aliphatic carbocycles. The lowest BCUT2D eigenvalue weighted by Gasteiger charge is -2.17. The van der Waals surface area contributed by atoms with Gasteiger partial charge in [0.05, 0.1) is 35.8 Å². The Morgan fingerprint density at radius 1 is 1.05 bits per heavy atom. The van der Waals surface area contributed by atoms with Crippen LogP contribution >= 0.6 is 11.6 Å². The number of amides is 2. The molecule has 11 heteroatoms. The molecule has 1 aliphatic rings. The van der Waals surface area contributed by atoms with Crippen LogP contribution in [0.15, 0.2) is 76.3 Å². The van der Waals surface area contributed by atoms with E-state index in [1.807, 2.05) is 37.3 Å². The molecule has 43 heavy (non-hydrogen) atoms. The summed E-state index contributed by atoms with van der Waals surface area (Å²) in [6.07, 6.45) is 1.93. The number of carbonyl (C=O) groups is 2. The highest BCUT2D eigenvalue weighted by Gasteiger charge is 2.22. The van der Waals surface area contributed by atoms with Crippen LogP contribution in [0.5, 0.6) is 5.75 Å². The van der Waals surface area contributed by atoms with Gasteiger partial charge in [-0.15, -0.1) is 0 Å². The molecule has 3 aromatic carbocycles. The summed E-state index contributed by atoms with van der Waals surface area (Å²) in [7, 11) is 0. The first-order valence-electron chi connectivity index (χ1n) is 14.3. The highest BCUT2D eigenvalue weighted by Crippen LogP contribution is 2.28. The number of anilines is 1. The fourth-order valence-electron chi connectivity index (χ4n) is 5.15. The van der Waals surface area contributed by atoms with Gasteiger partial charge in [0.15, 0.2) is 0 Å². The molecule has 224 valence electrons. The van der Waals surface area contributed by atoms with Crippen LogP contribution in [0, 0.1) is 0 Å². The average Bonchev–Trinajstić information content (AvgIpc) is 3.52. The summed E-state index contributed by atoms with van der Waals surface area (Å²) in [4.78, 5) is 53.6. The summed E-state index contributed by atoms with van der Waals surface area (Å²) in [6, 6.07) is 19.2. The summed E-state index contributed by atoms with van der Waals surface area (Å²) < 4.78 is 13.6. The van der Waals surface area contributed by atoms with E-state index in [4.69, 9.17) is 21.1 Å². The van der Waals surface area contributed by atoms with E-state index in [1.54, 1.807) is 24.3 Å². The Labute approximate surface area is 253 Å². The first-order chi connectivity index (χ1) is 20.8. The predicted octanol–water partition coefficient (Wildman–Crippen LogP) is 4.01. The predicted molar refractivity (Wildman–Crippen MR) is 165 cm³/mol. The van der Waals surface area contributed by atoms with Crippen molar-refractivity contribution < 1.29 is 19.1 Å². The van der Waals surface area contributed by atoms with Gasteiger partial charge in [-0.05, 0) is 68.1 Å². The zero-order chi connectivity index (χ0) is 30.3. The number of hydrogen-bond acceptors (Lipinski definition) is 6. The summed E-state index contributed by atoms with van der Waals surface area (Å²) in [5, 5.41) is 6.26. The van der Waals surface area contributed by atoms with Crippen molar-refractivity contribution >= 4 is 40.0 Å². The first kappa shape index (κ1) is 30.1. The number of nitrogens with one attached hydrogen (secondary N) is 2. The van der Waals surface area contributed by atoms with E-state index >= 15 is 0 Å². The normalized spacial score (nSPS) is 14.5. The summed E-state index contributed by atoms with van der Waals surface area (Å²) >= 11 is 6.15. The lowest BCUT2D eigenvalue weighted by atomic mass is 10.1. The molecule has 1 unspecified atom stereocenters. The Morgan fingerprint density at radius 2 is 1.86 bits per heavy atom. The molecule has 2 heterocycles. The Balaban J connectivity index is 1.47. The van der Waals surface area contributed by atoms with Gasteiger partial charge in [0, 0.05) is 23.7 Å². The lowest BCUT2D eigenvalue weighted by molar-refractivity contribution is -0.116. The third kappa shape index (κ3) is 7.15. The number of benzene rings is 3. The molecule has 1 atom stereocenters. The first-order valence-corrected chi connectivity index (χ1v) is 14.6. The number of carbonyl (C=O) groups excluding carboxylic acids is 2. The summed E-state index contributed by atoms with van der Waals surface area (Å²) in [5.74, 6) is -0.466. The molecular weight excluding hydrogens is 572 g/mol. The Morgan fingerprint density at radius 3 is 2.60 bits per heavy atom. The van der Waals surface area contributed by atoms with Crippen LogP contribution in [-0.2, 0) is 29.0 Å². The van der Waals surface area contributed by atoms with Crippen LogP contribution in [0.25, 0.3) is 10.9 Å². The molecule has 1 aromatic heterocycles. The number of aromatic nitrogens is 2. The van der Waals surface area contributed by atoms with Crippen LogP contribution in [0.1, 0.15) is 35.7 Å². The van der Waals surface area contributed by atoms with Crippen molar-refractivity contribution in [2.45, 2.75) is 45.4 Å². The molecule has 0 radical (unpaired) electrons. The molecule has 10 nitrogen and oxygen atoms in total. The molecule has 2 N–H and O–H groups in total. The maximum atomic E-state index is 13.8. The quantitative estimate of drug-likeness (QED) is 0.267. The van der Waals surface area contributed by atoms with Gasteiger partial charge in [-0.2, -0.15) is 0 Å². The number of halogens is 1. The number of nitrogens with zero attached hydrogens (tertiary/aromatic N) is 2. The number of hydrogen-bond donors (Lipinski definition) is 2. The maximum Gasteiger partial charge on any atom is 0.332 e. The Kier molecular flexibility index (Phi) is 9.58. The van der Waals surface area contributed by atoms with Gasteiger partial charge >= 0.3 is 5.69 Å². The fourth-order valence-corrected chi connectivity index (χ4v) is 5.32. The van der Waals surface area contributed by atoms with Crippen molar-refractivity contribution in [1.29, 1.82) is 0 Å². The second kappa shape index (κ2) is 13.7. The van der Waals surface area contributed by atoms with E-state index in [9.17, 15) is 19.2 Å². The lowest BCUT2D eigenvalue weighted by Crippen LogP contribution is -2.43. The van der Waals surface area contributed by atoms with Crippen molar-refractivity contribution in [3.63, 3.8) is 0 Å². The fraction of sp³-hybridized carbons (Fsp3) is 0.312. The molecule has 1 fully saturated rings.